The first-order valence-electron chi connectivity index (χ1n) is 7.83. The Morgan fingerprint density at radius 2 is 1.81 bits per heavy atom. The van der Waals surface area contributed by atoms with Crippen LogP contribution < -0.4 is 5.32 Å². The van der Waals surface area contributed by atoms with E-state index in [0.29, 0.717) is 0 Å². The van der Waals surface area contributed by atoms with Gasteiger partial charge in [-0.25, -0.2) is 9.59 Å². The van der Waals surface area contributed by atoms with Crippen LogP contribution in [0, 0.1) is 0 Å². The number of carboxylic acid groups (broad SMARTS) is 1. The number of amides is 1. The van der Waals surface area contributed by atoms with Crippen molar-refractivity contribution in [3.63, 3.8) is 0 Å². The number of carboxylic acids is 1. The number of carbonyl (C=O) groups excluding carboxylic acids is 1. The zero-order chi connectivity index (χ0) is 19.9. The van der Waals surface area contributed by atoms with Crippen LogP contribution in [0.25, 0.3) is 6.08 Å². The molecule has 0 spiro atoms. The quantitative estimate of drug-likeness (QED) is 0.783. The Balaban J connectivity index is 1.90. The van der Waals surface area contributed by atoms with Gasteiger partial charge in [-0.15, -0.1) is 0 Å². The molecule has 0 aromatic heterocycles. The molecule has 0 bridgehead atoms. The molecule has 8 heteroatoms. The lowest BCUT2D eigenvalue weighted by atomic mass is 10.0. The summed E-state index contributed by atoms with van der Waals surface area (Å²) in [4.78, 5) is 22.5. The molecular formula is C19H16F3NO4. The van der Waals surface area contributed by atoms with Crippen molar-refractivity contribution in [3.05, 3.63) is 76.9 Å². The zero-order valence-electron chi connectivity index (χ0n) is 14.0. The molecule has 0 fully saturated rings. The zero-order valence-corrected chi connectivity index (χ0v) is 14.0. The first-order valence-corrected chi connectivity index (χ1v) is 7.83. The number of rotatable bonds is 6. The molecule has 1 amide bonds. The largest absolute Gasteiger partial charge is 0.478 e. The number of alkyl carbamates (subject to hydrolysis) is 1. The third-order valence-electron chi connectivity index (χ3n) is 3.47. The minimum Gasteiger partial charge on any atom is -0.478 e. The molecule has 0 aliphatic heterocycles. The van der Waals surface area contributed by atoms with Gasteiger partial charge in [-0.05, 0) is 23.3 Å². The van der Waals surface area contributed by atoms with E-state index in [4.69, 9.17) is 9.84 Å². The van der Waals surface area contributed by atoms with Crippen molar-refractivity contribution in [3.8, 4) is 0 Å². The topological polar surface area (TPSA) is 75.6 Å². The van der Waals surface area contributed by atoms with Gasteiger partial charge >= 0.3 is 18.2 Å². The summed E-state index contributed by atoms with van der Waals surface area (Å²) in [5.41, 5.74) is -1.07. The lowest BCUT2D eigenvalue weighted by Gasteiger charge is -2.11. The molecule has 0 unspecified atom stereocenters. The lowest BCUT2D eigenvalue weighted by Crippen LogP contribution is -2.24. The molecule has 27 heavy (non-hydrogen) atoms. The number of nitrogens with one attached hydrogen (secondary N) is 1. The van der Waals surface area contributed by atoms with Crippen LogP contribution in [-0.4, -0.2) is 23.7 Å². The van der Waals surface area contributed by atoms with Gasteiger partial charge in [-0.2, -0.15) is 13.2 Å². The number of hydrogen-bond acceptors (Lipinski definition) is 3. The fourth-order valence-corrected chi connectivity index (χ4v) is 2.20. The molecule has 2 N–H and O–H groups in total. The van der Waals surface area contributed by atoms with Crippen molar-refractivity contribution in [1.82, 2.24) is 5.32 Å². The molecule has 142 valence electrons. The number of carbonyl (C=O) groups is 2. The van der Waals surface area contributed by atoms with Crippen molar-refractivity contribution in [2.24, 2.45) is 0 Å². The van der Waals surface area contributed by atoms with Gasteiger partial charge < -0.3 is 15.2 Å². The van der Waals surface area contributed by atoms with Crippen molar-refractivity contribution in [2.45, 2.75) is 12.8 Å². The van der Waals surface area contributed by atoms with Crippen LogP contribution in [0.5, 0.6) is 0 Å². The molecule has 0 radical (unpaired) electrons. The summed E-state index contributed by atoms with van der Waals surface area (Å²) in [6, 6.07) is 11.9. The summed E-state index contributed by atoms with van der Waals surface area (Å²) in [6.07, 6.45) is -2.67. The van der Waals surface area contributed by atoms with E-state index in [-0.39, 0.29) is 18.7 Å². The van der Waals surface area contributed by atoms with Crippen LogP contribution in [0.4, 0.5) is 18.0 Å². The molecule has 0 aliphatic rings. The van der Waals surface area contributed by atoms with E-state index in [1.165, 1.54) is 18.2 Å². The van der Waals surface area contributed by atoms with Crippen molar-refractivity contribution >= 4 is 18.1 Å². The van der Waals surface area contributed by atoms with E-state index in [0.717, 1.165) is 17.7 Å². The number of halogens is 3. The second-order valence-electron chi connectivity index (χ2n) is 5.45. The first-order chi connectivity index (χ1) is 12.8. The Morgan fingerprint density at radius 1 is 1.11 bits per heavy atom. The maximum absolute atomic E-state index is 12.9. The molecule has 0 aliphatic carbocycles. The van der Waals surface area contributed by atoms with Gasteiger partial charge in [0.15, 0.2) is 0 Å². The van der Waals surface area contributed by atoms with E-state index in [9.17, 15) is 22.8 Å². The fourth-order valence-electron chi connectivity index (χ4n) is 2.20. The average molecular weight is 379 g/mol. The monoisotopic (exact) mass is 379 g/mol. The number of aromatic carboxylic acids is 1. The Labute approximate surface area is 153 Å². The van der Waals surface area contributed by atoms with Gasteiger partial charge in [0, 0.05) is 6.54 Å². The summed E-state index contributed by atoms with van der Waals surface area (Å²) < 4.78 is 43.8. The average Bonchev–Trinajstić information content (AvgIpc) is 2.63. The van der Waals surface area contributed by atoms with Gasteiger partial charge in [0.05, 0.1) is 11.1 Å². The van der Waals surface area contributed by atoms with Gasteiger partial charge in [0.2, 0.25) is 0 Å². The van der Waals surface area contributed by atoms with E-state index in [2.05, 4.69) is 5.32 Å². The highest BCUT2D eigenvalue weighted by Gasteiger charge is 2.35. The summed E-state index contributed by atoms with van der Waals surface area (Å²) in [6.45, 7) is 0.137. The Bertz CT molecular complexity index is 833. The van der Waals surface area contributed by atoms with Crippen LogP contribution >= 0.6 is 0 Å². The molecule has 2 aromatic carbocycles. The van der Waals surface area contributed by atoms with Crippen molar-refractivity contribution in [1.29, 1.82) is 0 Å². The van der Waals surface area contributed by atoms with Crippen LogP contribution in [0.15, 0.2) is 54.6 Å². The maximum atomic E-state index is 12.9. The molecule has 2 aromatic rings. The van der Waals surface area contributed by atoms with Crippen molar-refractivity contribution in [2.75, 3.05) is 6.54 Å². The molecule has 0 atom stereocenters. The molecule has 0 saturated carbocycles. The fraction of sp³-hybridized carbons (Fsp3) is 0.158. The van der Waals surface area contributed by atoms with E-state index < -0.39 is 29.4 Å². The number of benzene rings is 2. The van der Waals surface area contributed by atoms with Crippen molar-refractivity contribution < 1.29 is 32.6 Å². The van der Waals surface area contributed by atoms with Crippen LogP contribution in [-0.2, 0) is 17.5 Å². The van der Waals surface area contributed by atoms with Crippen LogP contribution in [0.3, 0.4) is 0 Å². The molecule has 2 rings (SSSR count). The van der Waals surface area contributed by atoms with Gasteiger partial charge in [0.25, 0.3) is 0 Å². The smallest absolute Gasteiger partial charge is 0.417 e. The van der Waals surface area contributed by atoms with Crippen LogP contribution in [0.2, 0.25) is 0 Å². The summed E-state index contributed by atoms with van der Waals surface area (Å²) in [5, 5.41) is 11.3. The lowest BCUT2D eigenvalue weighted by molar-refractivity contribution is -0.138. The standard InChI is InChI=1S/C19H16F3NO4/c20-19(21,22)16-11-13(8-9-15(16)17(24)25)7-4-10-23-18(26)27-12-14-5-2-1-3-6-14/h1-9,11H,10,12H2,(H,23,26)(H,24,25). The molecule has 5 nitrogen and oxygen atoms in total. The molecular weight excluding hydrogens is 363 g/mol. The highest BCUT2D eigenvalue weighted by Crippen LogP contribution is 2.33. The van der Waals surface area contributed by atoms with Gasteiger partial charge in [-0.1, -0.05) is 48.6 Å². The molecule has 0 heterocycles. The molecule has 0 saturated heterocycles. The highest BCUT2D eigenvalue weighted by atomic mass is 19.4. The minimum atomic E-state index is -4.78. The minimum absolute atomic E-state index is 0.0374. The van der Waals surface area contributed by atoms with Gasteiger partial charge in [0.1, 0.15) is 6.61 Å². The number of alkyl halides is 3. The van der Waals surface area contributed by atoms with E-state index in [1.807, 2.05) is 18.2 Å². The van der Waals surface area contributed by atoms with E-state index in [1.54, 1.807) is 12.1 Å². The number of ether oxygens (including phenoxy) is 1. The summed E-state index contributed by atoms with van der Waals surface area (Å²) >= 11 is 0. The first kappa shape index (κ1) is 20.0. The Morgan fingerprint density at radius 3 is 2.44 bits per heavy atom. The Hall–Kier alpha value is -3.29. The maximum Gasteiger partial charge on any atom is 0.417 e. The normalized spacial score (nSPS) is 11.4. The summed E-state index contributed by atoms with van der Waals surface area (Å²) in [7, 11) is 0. The van der Waals surface area contributed by atoms with E-state index >= 15 is 0 Å². The summed E-state index contributed by atoms with van der Waals surface area (Å²) in [5.74, 6) is -1.65. The third-order valence-corrected chi connectivity index (χ3v) is 3.47. The van der Waals surface area contributed by atoms with Gasteiger partial charge in [-0.3, -0.25) is 0 Å². The third kappa shape index (κ3) is 6.18. The highest BCUT2D eigenvalue weighted by molar-refractivity contribution is 5.90. The van der Waals surface area contributed by atoms with Crippen LogP contribution in [0.1, 0.15) is 27.0 Å². The predicted octanol–water partition coefficient (Wildman–Crippen LogP) is 4.34. The Kier molecular flexibility index (Phi) is 6.59. The predicted molar refractivity (Wildman–Crippen MR) is 92.1 cm³/mol. The second-order valence-corrected chi connectivity index (χ2v) is 5.45. The SMILES string of the molecule is O=C(NCC=Cc1ccc(C(=O)O)c(C(F)(F)F)c1)OCc1ccccc1. The number of hydrogen-bond donors (Lipinski definition) is 2. The second kappa shape index (κ2) is 8.88.